The van der Waals surface area contributed by atoms with Crippen LogP contribution in [0.3, 0.4) is 0 Å². The number of fused-ring (bicyclic) bond motifs is 2. The van der Waals surface area contributed by atoms with Gasteiger partial charge in [-0.15, -0.1) is 0 Å². The van der Waals surface area contributed by atoms with Crippen LogP contribution in [0.4, 0.5) is 0 Å². The van der Waals surface area contributed by atoms with Crippen LogP contribution in [0.15, 0.2) is 0 Å². The van der Waals surface area contributed by atoms with Gasteiger partial charge in [-0.05, 0) is 25.7 Å². The molecular weight excluding hydrogens is 128 g/mol. The average molecular weight is 140 g/mol. The van der Waals surface area contributed by atoms with Crippen LogP contribution in [0.2, 0.25) is 0 Å². The zero-order chi connectivity index (χ0) is 6.55. The standard InChI is InChI=1S/C8H12O2/c1-2-6-8(10-6)4-3-7-5(1)9-7/h5-8H,1-4H2/t5-,6+,7-,8+. The third-order valence-corrected chi connectivity index (χ3v) is 2.85. The maximum absolute atomic E-state index is 5.45. The molecular formula is C8H12O2. The van der Waals surface area contributed by atoms with Gasteiger partial charge in [-0.1, -0.05) is 0 Å². The first kappa shape index (κ1) is 5.56. The Hall–Kier alpha value is -0.0800. The highest BCUT2D eigenvalue weighted by molar-refractivity contribution is 4.95. The Labute approximate surface area is 60.5 Å². The Kier molecular flexibility index (Phi) is 0.968. The molecule has 1 aliphatic carbocycles. The lowest BCUT2D eigenvalue weighted by atomic mass is 10.0. The fraction of sp³-hybridized carbons (Fsp3) is 1.00. The molecule has 0 aromatic rings. The number of rotatable bonds is 0. The van der Waals surface area contributed by atoms with Gasteiger partial charge in [0.2, 0.25) is 0 Å². The lowest BCUT2D eigenvalue weighted by Gasteiger charge is -1.97. The molecule has 1 saturated carbocycles. The Balaban J connectivity index is 1.67. The van der Waals surface area contributed by atoms with Crippen LogP contribution in [0.5, 0.6) is 0 Å². The Bertz CT molecular complexity index is 123. The number of hydrogen-bond donors (Lipinski definition) is 0. The molecule has 10 heavy (non-hydrogen) atoms. The molecule has 0 unspecified atom stereocenters. The molecule has 0 radical (unpaired) electrons. The molecule has 2 nitrogen and oxygen atoms in total. The van der Waals surface area contributed by atoms with E-state index in [-0.39, 0.29) is 0 Å². The van der Waals surface area contributed by atoms with Gasteiger partial charge in [-0.3, -0.25) is 0 Å². The first-order chi connectivity index (χ1) is 4.93. The van der Waals surface area contributed by atoms with Crippen molar-refractivity contribution in [2.24, 2.45) is 0 Å². The minimum absolute atomic E-state index is 0.616. The van der Waals surface area contributed by atoms with Crippen LogP contribution in [0.1, 0.15) is 25.7 Å². The quantitative estimate of drug-likeness (QED) is 0.471. The first-order valence-electron chi connectivity index (χ1n) is 4.24. The third kappa shape index (κ3) is 0.789. The summed E-state index contributed by atoms with van der Waals surface area (Å²) in [4.78, 5) is 0. The second-order valence-corrected chi connectivity index (χ2v) is 3.58. The molecule has 56 valence electrons. The summed E-state index contributed by atoms with van der Waals surface area (Å²) in [5.41, 5.74) is 0. The molecule has 3 fully saturated rings. The molecule has 0 amide bonds. The Morgan fingerprint density at radius 1 is 0.600 bits per heavy atom. The summed E-state index contributed by atoms with van der Waals surface area (Å²) in [6.45, 7) is 0. The smallest absolute Gasteiger partial charge is 0.0842 e. The van der Waals surface area contributed by atoms with E-state index in [1.807, 2.05) is 0 Å². The van der Waals surface area contributed by atoms with E-state index >= 15 is 0 Å². The van der Waals surface area contributed by atoms with Crippen LogP contribution in [-0.4, -0.2) is 24.4 Å². The summed E-state index contributed by atoms with van der Waals surface area (Å²) in [5.74, 6) is 0. The summed E-state index contributed by atoms with van der Waals surface area (Å²) in [5, 5.41) is 0. The predicted molar refractivity (Wildman–Crippen MR) is 35.8 cm³/mol. The van der Waals surface area contributed by atoms with Crippen LogP contribution >= 0.6 is 0 Å². The van der Waals surface area contributed by atoms with Gasteiger partial charge in [-0.25, -0.2) is 0 Å². The summed E-state index contributed by atoms with van der Waals surface area (Å²) in [7, 11) is 0. The van der Waals surface area contributed by atoms with Crippen LogP contribution in [-0.2, 0) is 9.47 Å². The Morgan fingerprint density at radius 3 is 1.20 bits per heavy atom. The largest absolute Gasteiger partial charge is 0.370 e. The van der Waals surface area contributed by atoms with E-state index < -0.39 is 0 Å². The second kappa shape index (κ2) is 1.74. The molecule has 2 heterocycles. The van der Waals surface area contributed by atoms with Gasteiger partial charge in [-0.2, -0.15) is 0 Å². The monoisotopic (exact) mass is 140 g/mol. The maximum Gasteiger partial charge on any atom is 0.0842 e. The van der Waals surface area contributed by atoms with Crippen molar-refractivity contribution in [1.29, 1.82) is 0 Å². The normalized spacial score (nSPS) is 57.6. The van der Waals surface area contributed by atoms with E-state index in [1.165, 1.54) is 25.7 Å². The van der Waals surface area contributed by atoms with Crippen molar-refractivity contribution >= 4 is 0 Å². The van der Waals surface area contributed by atoms with Crippen LogP contribution in [0.25, 0.3) is 0 Å². The van der Waals surface area contributed by atoms with E-state index in [0.717, 1.165) is 0 Å². The molecule has 2 saturated heterocycles. The molecule has 0 bridgehead atoms. The number of epoxide rings is 2. The average Bonchev–Trinajstić information content (AvgIpc) is 2.70. The van der Waals surface area contributed by atoms with Gasteiger partial charge in [0.05, 0.1) is 24.4 Å². The van der Waals surface area contributed by atoms with Crippen molar-refractivity contribution in [3.63, 3.8) is 0 Å². The van der Waals surface area contributed by atoms with Crippen molar-refractivity contribution in [1.82, 2.24) is 0 Å². The van der Waals surface area contributed by atoms with Crippen molar-refractivity contribution in [3.05, 3.63) is 0 Å². The van der Waals surface area contributed by atoms with E-state index in [9.17, 15) is 0 Å². The van der Waals surface area contributed by atoms with Crippen molar-refractivity contribution in [2.75, 3.05) is 0 Å². The highest BCUT2D eigenvalue weighted by Gasteiger charge is 2.47. The summed E-state index contributed by atoms with van der Waals surface area (Å²) in [6, 6.07) is 0. The van der Waals surface area contributed by atoms with Crippen LogP contribution in [0, 0.1) is 0 Å². The zero-order valence-electron chi connectivity index (χ0n) is 5.95. The van der Waals surface area contributed by atoms with Gasteiger partial charge in [0.1, 0.15) is 0 Å². The lowest BCUT2D eigenvalue weighted by Crippen LogP contribution is -2.04. The minimum atomic E-state index is 0.616. The molecule has 0 aromatic heterocycles. The topological polar surface area (TPSA) is 25.1 Å². The molecule has 3 aliphatic rings. The minimum Gasteiger partial charge on any atom is -0.370 e. The molecule has 0 N–H and O–H groups in total. The molecule has 2 heteroatoms. The van der Waals surface area contributed by atoms with E-state index in [2.05, 4.69) is 0 Å². The SMILES string of the molecule is C1C[C@H]2O[C@@H]2CC[C@@H]2O[C@@H]12. The van der Waals surface area contributed by atoms with E-state index in [0.29, 0.717) is 24.4 Å². The summed E-state index contributed by atoms with van der Waals surface area (Å²) >= 11 is 0. The molecule has 2 aliphatic heterocycles. The van der Waals surface area contributed by atoms with Gasteiger partial charge < -0.3 is 9.47 Å². The van der Waals surface area contributed by atoms with Crippen molar-refractivity contribution in [3.8, 4) is 0 Å². The fourth-order valence-corrected chi connectivity index (χ4v) is 2.03. The van der Waals surface area contributed by atoms with Crippen molar-refractivity contribution in [2.45, 2.75) is 50.1 Å². The first-order valence-corrected chi connectivity index (χ1v) is 4.24. The Morgan fingerprint density at radius 2 is 0.900 bits per heavy atom. The lowest BCUT2D eigenvalue weighted by molar-refractivity contribution is 0.311. The van der Waals surface area contributed by atoms with Crippen LogP contribution < -0.4 is 0 Å². The van der Waals surface area contributed by atoms with E-state index in [4.69, 9.17) is 9.47 Å². The fourth-order valence-electron chi connectivity index (χ4n) is 2.03. The van der Waals surface area contributed by atoms with Gasteiger partial charge in [0.15, 0.2) is 0 Å². The van der Waals surface area contributed by atoms with Crippen molar-refractivity contribution < 1.29 is 9.47 Å². The van der Waals surface area contributed by atoms with Gasteiger partial charge in [0, 0.05) is 0 Å². The molecule has 0 spiro atoms. The number of hydrogen-bond acceptors (Lipinski definition) is 2. The molecule has 0 aromatic carbocycles. The molecule has 4 atom stereocenters. The summed E-state index contributed by atoms with van der Waals surface area (Å²) in [6.07, 6.45) is 7.43. The highest BCUT2D eigenvalue weighted by atomic mass is 16.6. The summed E-state index contributed by atoms with van der Waals surface area (Å²) < 4.78 is 10.9. The van der Waals surface area contributed by atoms with Gasteiger partial charge >= 0.3 is 0 Å². The predicted octanol–water partition coefficient (Wildman–Crippen LogP) is 1.10. The van der Waals surface area contributed by atoms with Gasteiger partial charge in [0.25, 0.3) is 0 Å². The second-order valence-electron chi connectivity index (χ2n) is 3.58. The third-order valence-electron chi connectivity index (χ3n) is 2.85. The van der Waals surface area contributed by atoms with E-state index in [1.54, 1.807) is 0 Å². The number of ether oxygens (including phenoxy) is 2. The zero-order valence-corrected chi connectivity index (χ0v) is 5.95. The highest BCUT2D eigenvalue weighted by Crippen LogP contribution is 2.41. The molecule has 3 rings (SSSR count). The maximum atomic E-state index is 5.45.